The molecule has 1 aliphatic carbocycles. The molecular weight excluding hydrogens is 420 g/mol. The van der Waals surface area contributed by atoms with Crippen LogP contribution in [0.4, 0.5) is 5.13 Å². The molecule has 1 atom stereocenters. The maximum atomic E-state index is 12.9. The Morgan fingerprint density at radius 3 is 2.75 bits per heavy atom. The van der Waals surface area contributed by atoms with E-state index in [1.54, 1.807) is 12.4 Å². The Bertz CT molecular complexity index is 1450. The average molecular weight is 439 g/mol. The first-order chi connectivity index (χ1) is 15.7. The minimum Gasteiger partial charge on any atom is -0.375 e. The van der Waals surface area contributed by atoms with E-state index in [9.17, 15) is 4.79 Å². The number of aromatic nitrogens is 4. The van der Waals surface area contributed by atoms with Crippen LogP contribution in [0.2, 0.25) is 0 Å². The highest BCUT2D eigenvalue weighted by atomic mass is 32.1. The number of hydrogen-bond donors (Lipinski definition) is 3. The van der Waals surface area contributed by atoms with E-state index in [-0.39, 0.29) is 18.4 Å². The van der Waals surface area contributed by atoms with Gasteiger partial charge in [0.15, 0.2) is 5.13 Å². The van der Waals surface area contributed by atoms with Crippen molar-refractivity contribution in [2.45, 2.75) is 12.5 Å². The average Bonchev–Trinajstić information content (AvgIpc) is 3.50. The third kappa shape index (κ3) is 3.04. The van der Waals surface area contributed by atoms with E-state index >= 15 is 0 Å². The van der Waals surface area contributed by atoms with E-state index in [1.165, 1.54) is 11.3 Å². The summed E-state index contributed by atoms with van der Waals surface area (Å²) in [6.07, 6.45) is 3.70. The predicted molar refractivity (Wildman–Crippen MR) is 125 cm³/mol. The van der Waals surface area contributed by atoms with Gasteiger partial charge in [-0.05, 0) is 28.3 Å². The normalized spacial score (nSPS) is 14.3. The number of nitrogens with zero attached hydrogens (tertiary/aromatic N) is 3. The number of carbonyl (C=O) groups is 1. The van der Waals surface area contributed by atoms with Gasteiger partial charge < -0.3 is 16.0 Å². The van der Waals surface area contributed by atoms with Gasteiger partial charge in [-0.15, -0.1) is 11.3 Å². The van der Waals surface area contributed by atoms with E-state index in [0.717, 1.165) is 44.7 Å². The SMILES string of the molecule is Nc1nc(CC(=O)N[C@@H]2c3ccccc3-c3c(-c4nc5ccncc5[nH]4)cccc32)cs1. The Balaban J connectivity index is 1.42. The first-order valence-corrected chi connectivity index (χ1v) is 11.1. The van der Waals surface area contributed by atoms with E-state index in [2.05, 4.69) is 44.5 Å². The van der Waals surface area contributed by atoms with Gasteiger partial charge in [-0.2, -0.15) is 0 Å². The molecule has 3 aromatic heterocycles. The molecule has 0 radical (unpaired) electrons. The number of pyridine rings is 1. The topological polar surface area (TPSA) is 110 Å². The molecule has 7 nitrogen and oxygen atoms in total. The quantitative estimate of drug-likeness (QED) is 0.391. The fraction of sp³-hybridized carbons (Fsp3) is 0.0833. The third-order valence-corrected chi connectivity index (χ3v) is 6.43. The summed E-state index contributed by atoms with van der Waals surface area (Å²) in [5, 5.41) is 5.49. The van der Waals surface area contributed by atoms with Gasteiger partial charge in [0, 0.05) is 17.1 Å². The smallest absolute Gasteiger partial charge is 0.226 e. The fourth-order valence-electron chi connectivity index (χ4n) is 4.37. The number of carbonyl (C=O) groups excluding carboxylic acids is 1. The minimum absolute atomic E-state index is 0.0943. The molecule has 1 aliphatic rings. The standard InChI is InChI=1S/C24H18N6OS/c25-24-27-13(12-32-24)10-20(31)30-22-15-5-2-1-4-14(15)21-16(22)6-3-7-17(21)23-28-18-8-9-26-11-19(18)29-23/h1-9,11-12,22H,10H2,(H2,25,27)(H,28,29)(H,30,31)/t22-/m1/s1. The number of hydrogen-bond acceptors (Lipinski definition) is 6. The lowest BCUT2D eigenvalue weighted by molar-refractivity contribution is -0.120. The molecule has 3 heterocycles. The summed E-state index contributed by atoms with van der Waals surface area (Å²) in [5.41, 5.74) is 13.4. The van der Waals surface area contributed by atoms with Crippen molar-refractivity contribution in [2.75, 3.05) is 5.73 Å². The number of aromatic amines is 1. The van der Waals surface area contributed by atoms with Crippen LogP contribution < -0.4 is 11.1 Å². The molecule has 0 fully saturated rings. The summed E-state index contributed by atoms with van der Waals surface area (Å²) in [4.78, 5) is 29.4. The Morgan fingerprint density at radius 1 is 1.06 bits per heavy atom. The maximum Gasteiger partial charge on any atom is 0.226 e. The maximum absolute atomic E-state index is 12.9. The number of amides is 1. The minimum atomic E-state index is -0.240. The molecular formula is C24H18N6OS. The zero-order valence-corrected chi connectivity index (χ0v) is 17.7. The fourth-order valence-corrected chi connectivity index (χ4v) is 4.94. The van der Waals surface area contributed by atoms with Gasteiger partial charge >= 0.3 is 0 Å². The second-order valence-corrected chi connectivity index (χ2v) is 8.58. The zero-order chi connectivity index (χ0) is 21.7. The van der Waals surface area contributed by atoms with Crippen LogP contribution in [0.15, 0.2) is 66.3 Å². The zero-order valence-electron chi connectivity index (χ0n) is 16.9. The highest BCUT2D eigenvalue weighted by Gasteiger charge is 2.32. The number of rotatable bonds is 4. The van der Waals surface area contributed by atoms with Crippen molar-refractivity contribution < 1.29 is 4.79 Å². The molecule has 6 rings (SSSR count). The first kappa shape index (κ1) is 18.7. The molecule has 0 bridgehead atoms. The van der Waals surface area contributed by atoms with Gasteiger partial charge in [-0.25, -0.2) is 9.97 Å². The summed E-state index contributed by atoms with van der Waals surface area (Å²) in [5.74, 6) is 0.688. The molecule has 5 aromatic rings. The highest BCUT2D eigenvalue weighted by Crippen LogP contribution is 2.47. The number of imidazole rings is 1. The first-order valence-electron chi connectivity index (χ1n) is 10.2. The number of nitrogens with two attached hydrogens (primary N) is 1. The van der Waals surface area contributed by atoms with Crippen molar-refractivity contribution in [3.63, 3.8) is 0 Å². The monoisotopic (exact) mass is 438 g/mol. The van der Waals surface area contributed by atoms with E-state index in [4.69, 9.17) is 10.7 Å². The molecule has 0 spiro atoms. The Hall–Kier alpha value is -4.04. The molecule has 0 saturated heterocycles. The van der Waals surface area contributed by atoms with Crippen LogP contribution in [0.5, 0.6) is 0 Å². The summed E-state index contributed by atoms with van der Waals surface area (Å²) in [7, 11) is 0. The summed E-state index contributed by atoms with van der Waals surface area (Å²) >= 11 is 1.34. The number of anilines is 1. The number of H-pyrrole nitrogens is 1. The molecule has 156 valence electrons. The largest absolute Gasteiger partial charge is 0.375 e. The van der Waals surface area contributed by atoms with Crippen molar-refractivity contribution >= 4 is 33.4 Å². The van der Waals surface area contributed by atoms with Crippen molar-refractivity contribution in [3.05, 3.63) is 83.1 Å². The highest BCUT2D eigenvalue weighted by molar-refractivity contribution is 7.13. The van der Waals surface area contributed by atoms with Gasteiger partial charge in [-0.1, -0.05) is 42.5 Å². The van der Waals surface area contributed by atoms with Crippen LogP contribution in [0, 0.1) is 0 Å². The van der Waals surface area contributed by atoms with E-state index in [0.29, 0.717) is 10.8 Å². The molecule has 0 saturated carbocycles. The van der Waals surface area contributed by atoms with Gasteiger partial charge in [0.2, 0.25) is 5.91 Å². The lowest BCUT2D eigenvalue weighted by atomic mass is 9.99. The van der Waals surface area contributed by atoms with Crippen LogP contribution in [0.1, 0.15) is 22.9 Å². The van der Waals surface area contributed by atoms with Crippen LogP contribution in [-0.4, -0.2) is 25.8 Å². The summed E-state index contributed by atoms with van der Waals surface area (Å²) in [6, 6.07) is 15.9. The number of fused-ring (bicyclic) bond motifs is 4. The van der Waals surface area contributed by atoms with Crippen molar-refractivity contribution in [3.8, 4) is 22.5 Å². The van der Waals surface area contributed by atoms with Gasteiger partial charge in [0.25, 0.3) is 0 Å². The van der Waals surface area contributed by atoms with Crippen molar-refractivity contribution in [2.24, 2.45) is 0 Å². The molecule has 32 heavy (non-hydrogen) atoms. The van der Waals surface area contributed by atoms with Gasteiger partial charge in [-0.3, -0.25) is 9.78 Å². The lowest BCUT2D eigenvalue weighted by Gasteiger charge is -2.16. The van der Waals surface area contributed by atoms with Crippen LogP contribution in [-0.2, 0) is 11.2 Å². The number of nitrogen functional groups attached to an aromatic ring is 1. The van der Waals surface area contributed by atoms with Crippen molar-refractivity contribution in [1.29, 1.82) is 0 Å². The Kier molecular flexibility index (Phi) is 4.26. The van der Waals surface area contributed by atoms with Crippen LogP contribution >= 0.6 is 11.3 Å². The molecule has 8 heteroatoms. The summed E-state index contributed by atoms with van der Waals surface area (Å²) in [6.45, 7) is 0. The molecule has 1 amide bonds. The van der Waals surface area contributed by atoms with E-state index in [1.807, 2.05) is 29.6 Å². The van der Waals surface area contributed by atoms with Crippen molar-refractivity contribution in [1.82, 2.24) is 25.3 Å². The second-order valence-electron chi connectivity index (χ2n) is 7.69. The number of nitrogens with one attached hydrogen (secondary N) is 2. The molecule has 2 aromatic carbocycles. The lowest BCUT2D eigenvalue weighted by Crippen LogP contribution is -2.29. The Morgan fingerprint density at radius 2 is 1.91 bits per heavy atom. The number of thiazole rings is 1. The summed E-state index contributed by atoms with van der Waals surface area (Å²) < 4.78 is 0. The van der Waals surface area contributed by atoms with Gasteiger partial charge in [0.05, 0.1) is 35.4 Å². The second kappa shape index (κ2) is 7.28. The predicted octanol–water partition coefficient (Wildman–Crippen LogP) is 4.09. The Labute approximate surface area is 187 Å². The molecule has 4 N–H and O–H groups in total. The number of benzene rings is 2. The third-order valence-electron chi connectivity index (χ3n) is 5.70. The molecule has 0 unspecified atom stereocenters. The van der Waals surface area contributed by atoms with E-state index < -0.39 is 0 Å². The molecule has 0 aliphatic heterocycles. The van der Waals surface area contributed by atoms with Crippen LogP contribution in [0.25, 0.3) is 33.5 Å². The van der Waals surface area contributed by atoms with Gasteiger partial charge in [0.1, 0.15) is 5.82 Å². The van der Waals surface area contributed by atoms with Crippen LogP contribution in [0.3, 0.4) is 0 Å².